The molecule has 3 atom stereocenters. The molecule has 2 nitrogen and oxygen atoms in total. The van der Waals surface area contributed by atoms with E-state index in [9.17, 15) is 0 Å². The van der Waals surface area contributed by atoms with Crippen molar-refractivity contribution in [3.8, 4) is 5.75 Å². The van der Waals surface area contributed by atoms with E-state index in [2.05, 4.69) is 12.1 Å². The minimum atomic E-state index is -1.97. The largest absolute Gasteiger partial charge is 0.497 e. The third-order valence-electron chi connectivity index (χ3n) is 6.04. The van der Waals surface area contributed by atoms with E-state index in [1.54, 1.807) is 7.11 Å². The van der Waals surface area contributed by atoms with Crippen molar-refractivity contribution < 1.29 is 8.85 Å². The van der Waals surface area contributed by atoms with Gasteiger partial charge in [0.1, 0.15) is 5.75 Å². The van der Waals surface area contributed by atoms with Crippen LogP contribution in [0.2, 0.25) is 0 Å². The van der Waals surface area contributed by atoms with Crippen molar-refractivity contribution in [3.05, 3.63) is 29.3 Å². The van der Waals surface area contributed by atoms with Crippen LogP contribution >= 0.6 is 0 Å². The summed E-state index contributed by atoms with van der Waals surface area (Å²) in [7, 11) is 1.72. The van der Waals surface area contributed by atoms with Gasteiger partial charge in [0.05, 0.1) is 7.11 Å². The standard InChI is InChI=1S/C18H25NO/c1-19-10-9-18-8-4-3-5-15(18)17(19)11-13-6-7-14(20-2)12-16(13)18/h6-7,12,15,17H,3-5,8-11H2,1-2H3/t15?,17-,18+/m0/s1/i1D3. The first-order valence-electron chi connectivity index (χ1n) is 9.40. The summed E-state index contributed by atoms with van der Waals surface area (Å²) in [6.07, 6.45) is 6.68. The fourth-order valence-corrected chi connectivity index (χ4v) is 5.11. The van der Waals surface area contributed by atoms with Gasteiger partial charge in [-0.3, -0.25) is 0 Å². The molecule has 0 spiro atoms. The summed E-state index contributed by atoms with van der Waals surface area (Å²) in [4.78, 5) is 1.81. The first kappa shape index (κ1) is 9.83. The molecule has 1 unspecified atom stereocenters. The van der Waals surface area contributed by atoms with Gasteiger partial charge in [-0.25, -0.2) is 0 Å². The molecule has 0 radical (unpaired) electrons. The van der Waals surface area contributed by atoms with Crippen molar-refractivity contribution >= 4 is 0 Å². The summed E-state index contributed by atoms with van der Waals surface area (Å²) in [5, 5.41) is 0. The minimum absolute atomic E-state index is 0.164. The van der Waals surface area contributed by atoms with Crippen molar-refractivity contribution in [2.75, 3.05) is 20.6 Å². The number of likely N-dealkylation sites (tertiary alicyclic amines) is 1. The van der Waals surface area contributed by atoms with Crippen molar-refractivity contribution in [1.82, 2.24) is 4.90 Å². The molecule has 2 aliphatic carbocycles. The first-order valence-corrected chi connectivity index (χ1v) is 7.90. The Labute approximate surface area is 126 Å². The van der Waals surface area contributed by atoms with Crippen LogP contribution in [-0.2, 0) is 11.8 Å². The molecule has 0 aromatic heterocycles. The highest BCUT2D eigenvalue weighted by Crippen LogP contribution is 2.55. The lowest BCUT2D eigenvalue weighted by Crippen LogP contribution is -2.59. The third kappa shape index (κ3) is 1.60. The summed E-state index contributed by atoms with van der Waals surface area (Å²) < 4.78 is 29.3. The molecule has 0 N–H and O–H groups in total. The Morgan fingerprint density at radius 3 is 3.15 bits per heavy atom. The van der Waals surface area contributed by atoms with Crippen LogP contribution in [-0.4, -0.2) is 31.6 Å². The summed E-state index contributed by atoms with van der Waals surface area (Å²) in [5.41, 5.74) is 2.96. The molecule has 2 fully saturated rings. The molecule has 3 aliphatic rings. The molecule has 1 aliphatic heterocycles. The number of fused-ring (bicyclic) bond motifs is 1. The molecule has 1 saturated carbocycles. The maximum atomic E-state index is 7.94. The molecule has 20 heavy (non-hydrogen) atoms. The van der Waals surface area contributed by atoms with E-state index in [0.29, 0.717) is 12.5 Å². The number of piperidine rings is 1. The van der Waals surface area contributed by atoms with Gasteiger partial charge < -0.3 is 9.64 Å². The molecule has 108 valence electrons. The Balaban J connectivity index is 1.84. The van der Waals surface area contributed by atoms with Crippen LogP contribution in [0.1, 0.15) is 47.3 Å². The molecule has 1 aromatic rings. The second-order valence-corrected chi connectivity index (χ2v) is 6.75. The molecule has 1 heterocycles. The summed E-state index contributed by atoms with van der Waals surface area (Å²) in [5.74, 6) is 1.41. The molecule has 1 saturated heterocycles. The van der Waals surface area contributed by atoms with Crippen LogP contribution in [0.5, 0.6) is 5.75 Å². The monoisotopic (exact) mass is 274 g/mol. The summed E-state index contributed by atoms with van der Waals surface area (Å²) in [6.45, 7) is -1.29. The lowest BCUT2D eigenvalue weighted by Gasteiger charge is -2.58. The van der Waals surface area contributed by atoms with Crippen LogP contribution in [0.3, 0.4) is 0 Å². The fraction of sp³-hybridized carbons (Fsp3) is 0.667. The van der Waals surface area contributed by atoms with Crippen LogP contribution < -0.4 is 4.74 Å². The van der Waals surface area contributed by atoms with Crippen molar-refractivity contribution in [1.29, 1.82) is 0 Å². The lowest BCUT2D eigenvalue weighted by molar-refractivity contribution is 0.00274. The zero-order valence-electron chi connectivity index (χ0n) is 15.2. The number of hydrogen-bond acceptors (Lipinski definition) is 2. The number of benzene rings is 1. The highest BCUT2D eigenvalue weighted by Gasteiger charge is 2.53. The second kappa shape index (κ2) is 4.49. The summed E-state index contributed by atoms with van der Waals surface area (Å²) in [6, 6.07) is 6.58. The lowest BCUT2D eigenvalue weighted by atomic mass is 9.52. The number of hydrogen-bond donors (Lipinski definition) is 0. The van der Waals surface area contributed by atoms with Crippen LogP contribution in [0.25, 0.3) is 0 Å². The van der Waals surface area contributed by atoms with Crippen molar-refractivity contribution in [2.45, 2.75) is 50.0 Å². The normalized spacial score (nSPS) is 39.0. The summed E-state index contributed by atoms with van der Waals surface area (Å²) >= 11 is 0. The zero-order valence-corrected chi connectivity index (χ0v) is 12.2. The van der Waals surface area contributed by atoms with Gasteiger partial charge in [-0.1, -0.05) is 18.9 Å². The minimum Gasteiger partial charge on any atom is -0.497 e. The van der Waals surface area contributed by atoms with Crippen LogP contribution in [0.4, 0.5) is 0 Å². The number of ether oxygens (including phenoxy) is 1. The molecule has 1 aromatic carbocycles. The highest BCUT2D eigenvalue weighted by atomic mass is 16.5. The van der Waals surface area contributed by atoms with Gasteiger partial charge in [0.2, 0.25) is 0 Å². The van der Waals surface area contributed by atoms with Crippen LogP contribution in [0.15, 0.2) is 18.2 Å². The maximum absolute atomic E-state index is 7.94. The Hall–Kier alpha value is -1.02. The molecular weight excluding hydrogens is 246 g/mol. The van der Waals surface area contributed by atoms with E-state index in [-0.39, 0.29) is 11.5 Å². The topological polar surface area (TPSA) is 12.5 Å². The Kier molecular flexibility index (Phi) is 2.21. The van der Waals surface area contributed by atoms with E-state index in [0.717, 1.165) is 25.0 Å². The zero-order chi connectivity index (χ0) is 16.2. The van der Waals surface area contributed by atoms with Gasteiger partial charge in [-0.05, 0) is 68.4 Å². The maximum Gasteiger partial charge on any atom is 0.119 e. The smallest absolute Gasteiger partial charge is 0.119 e. The second-order valence-electron chi connectivity index (χ2n) is 6.75. The average molecular weight is 274 g/mol. The fourth-order valence-electron chi connectivity index (χ4n) is 5.11. The Bertz CT molecular complexity index is 615. The van der Waals surface area contributed by atoms with E-state index < -0.39 is 6.98 Å². The van der Waals surface area contributed by atoms with E-state index in [1.165, 1.54) is 30.4 Å². The predicted octanol–water partition coefficient (Wildman–Crippen LogP) is 3.38. The van der Waals surface area contributed by atoms with Gasteiger partial charge in [0.15, 0.2) is 0 Å². The van der Waals surface area contributed by atoms with Gasteiger partial charge >= 0.3 is 0 Å². The number of methoxy groups -OCH3 is 1. The third-order valence-corrected chi connectivity index (χ3v) is 6.04. The highest BCUT2D eigenvalue weighted by molar-refractivity contribution is 5.45. The molecular formula is C18H25NO. The molecule has 2 bridgehead atoms. The Morgan fingerprint density at radius 1 is 1.35 bits per heavy atom. The Morgan fingerprint density at radius 2 is 2.30 bits per heavy atom. The quantitative estimate of drug-likeness (QED) is 0.778. The predicted molar refractivity (Wildman–Crippen MR) is 81.4 cm³/mol. The van der Waals surface area contributed by atoms with Gasteiger partial charge in [-0.15, -0.1) is 0 Å². The van der Waals surface area contributed by atoms with E-state index >= 15 is 0 Å². The number of rotatable bonds is 1. The molecule has 0 amide bonds. The van der Waals surface area contributed by atoms with Gasteiger partial charge in [0, 0.05) is 15.6 Å². The van der Waals surface area contributed by atoms with E-state index in [4.69, 9.17) is 8.85 Å². The molecule has 2 heteroatoms. The average Bonchev–Trinajstić information content (AvgIpc) is 2.53. The van der Waals surface area contributed by atoms with Gasteiger partial charge in [-0.2, -0.15) is 0 Å². The first-order chi connectivity index (χ1) is 11.0. The SMILES string of the molecule is [2H]C([2H])([2H])N1CC[C@]23CCCCC2[C@@H]1Cc1ccc(OC)cc13. The molecule has 4 rings (SSSR count). The van der Waals surface area contributed by atoms with Crippen molar-refractivity contribution in [3.63, 3.8) is 0 Å². The van der Waals surface area contributed by atoms with Crippen LogP contribution in [0, 0.1) is 5.92 Å². The van der Waals surface area contributed by atoms with Crippen molar-refractivity contribution in [2.24, 2.45) is 5.92 Å². The number of likely N-dealkylation sites (N-methyl/N-ethyl adjacent to an activating group) is 1. The van der Waals surface area contributed by atoms with E-state index in [1.807, 2.05) is 11.0 Å². The van der Waals surface area contributed by atoms with Gasteiger partial charge in [0.25, 0.3) is 0 Å². The number of nitrogens with zero attached hydrogens (tertiary/aromatic N) is 1.